The highest BCUT2D eigenvalue weighted by Gasteiger charge is 2.57. The summed E-state index contributed by atoms with van der Waals surface area (Å²) in [6.45, 7) is 13.8. The maximum atomic E-state index is 13.7. The Bertz CT molecular complexity index is 1260. The number of aliphatic hydroxyl groups excluding tert-OH is 5. The van der Waals surface area contributed by atoms with E-state index in [0.717, 1.165) is 24.8 Å². The van der Waals surface area contributed by atoms with Crippen LogP contribution >= 0.6 is 0 Å². The summed E-state index contributed by atoms with van der Waals surface area (Å²) >= 11 is 0. The van der Waals surface area contributed by atoms with Crippen LogP contribution in [0.3, 0.4) is 0 Å². The standard InChI is InChI=1S/C40H64O13/c1-7-20(3)22(5)29(45)18-32-28(37(48-6)34(51-32)17-25(44)19-41)15-24(43)14-27-11-12-31-38(50-27)36(47)40-39(52-31)35(46)33(53-40)16-23(42)9-10-26-13-21(4)30(8-2)49-26/h20,25-41,44-47H,4-5,7-19H2,1-3,6H3/t20-,25?,26?,27?,28?,29?,30+,31?,32+,33-,34?,35?,36?,37-,38+,39?,40?/m1/s1. The highest BCUT2D eigenvalue weighted by Crippen LogP contribution is 2.42. The van der Waals surface area contributed by atoms with E-state index in [9.17, 15) is 35.1 Å². The van der Waals surface area contributed by atoms with Crippen LogP contribution in [0, 0.1) is 11.8 Å². The molecular weight excluding hydrogens is 688 g/mol. The van der Waals surface area contributed by atoms with Crippen LogP contribution in [-0.2, 0) is 38.0 Å². The molecule has 0 radical (unpaired) electrons. The Morgan fingerprint density at radius 1 is 0.868 bits per heavy atom. The lowest BCUT2D eigenvalue weighted by Crippen LogP contribution is -2.61. The third kappa shape index (κ3) is 10.0. The van der Waals surface area contributed by atoms with Crippen LogP contribution in [0.1, 0.15) is 97.8 Å². The highest BCUT2D eigenvalue weighted by molar-refractivity contribution is 5.79. The van der Waals surface area contributed by atoms with Crippen LogP contribution in [-0.4, -0.2) is 142 Å². The Morgan fingerprint density at radius 2 is 1.60 bits per heavy atom. The van der Waals surface area contributed by atoms with Gasteiger partial charge in [-0.05, 0) is 55.6 Å². The molecule has 0 spiro atoms. The van der Waals surface area contributed by atoms with Crippen LogP contribution in [0.15, 0.2) is 24.3 Å². The van der Waals surface area contributed by atoms with E-state index in [2.05, 4.69) is 13.2 Å². The molecule has 5 aliphatic heterocycles. The number of methoxy groups -OCH3 is 1. The van der Waals surface area contributed by atoms with Gasteiger partial charge in [0, 0.05) is 51.6 Å². The number of carbonyl (C=O) groups excluding carboxylic acids is 2. The minimum atomic E-state index is -1.13. The average Bonchev–Trinajstić information content (AvgIpc) is 3.77. The number of ketones is 2. The van der Waals surface area contributed by atoms with Crippen LogP contribution in [0.4, 0.5) is 0 Å². The molecule has 11 unspecified atom stereocenters. The first-order valence-corrected chi connectivity index (χ1v) is 19.8. The van der Waals surface area contributed by atoms with E-state index in [-0.39, 0.29) is 61.8 Å². The molecule has 5 aliphatic rings. The van der Waals surface area contributed by atoms with E-state index in [4.69, 9.17) is 28.4 Å². The van der Waals surface area contributed by atoms with Gasteiger partial charge in [-0.15, -0.1) is 0 Å². The van der Waals surface area contributed by atoms with Crippen LogP contribution in [0.5, 0.6) is 0 Å². The van der Waals surface area contributed by atoms with Crippen molar-refractivity contribution in [3.05, 3.63) is 24.3 Å². The second-order valence-electron chi connectivity index (χ2n) is 16.1. The molecule has 0 aromatic rings. The van der Waals surface area contributed by atoms with Crippen molar-refractivity contribution in [2.24, 2.45) is 11.8 Å². The number of carbonyl (C=O) groups is 2. The lowest BCUT2D eigenvalue weighted by molar-refractivity contribution is -0.259. The molecule has 13 heteroatoms. The number of fused-ring (bicyclic) bond motifs is 2. The smallest absolute Gasteiger partial charge is 0.135 e. The number of ether oxygens (including phenoxy) is 6. The van der Waals surface area contributed by atoms with Gasteiger partial charge in [0.25, 0.3) is 0 Å². The van der Waals surface area contributed by atoms with E-state index >= 15 is 0 Å². The molecule has 302 valence electrons. The van der Waals surface area contributed by atoms with Crippen molar-refractivity contribution in [1.29, 1.82) is 0 Å². The molecule has 0 aromatic carbocycles. The zero-order valence-corrected chi connectivity index (χ0v) is 31.9. The van der Waals surface area contributed by atoms with Crippen LogP contribution in [0.2, 0.25) is 0 Å². The topological polar surface area (TPSA) is 191 Å². The van der Waals surface area contributed by atoms with Crippen molar-refractivity contribution >= 4 is 11.6 Å². The zero-order valence-electron chi connectivity index (χ0n) is 31.9. The fourth-order valence-corrected chi connectivity index (χ4v) is 9.04. The Labute approximate surface area is 314 Å². The summed E-state index contributed by atoms with van der Waals surface area (Å²) < 4.78 is 36.7. The Morgan fingerprint density at radius 3 is 2.26 bits per heavy atom. The first-order valence-electron chi connectivity index (χ1n) is 19.8. The summed E-state index contributed by atoms with van der Waals surface area (Å²) in [5.74, 6) is -0.475. The average molecular weight is 753 g/mol. The van der Waals surface area contributed by atoms with Crippen molar-refractivity contribution in [3.8, 4) is 0 Å². The van der Waals surface area contributed by atoms with Gasteiger partial charge < -0.3 is 54.0 Å². The SMILES string of the molecule is C=C(C(O)C[C@@H]1OC(CC(O)CO)[C@H](OC)C1CC(=O)CC1CCC2OC3C(O[C@H](CC(=O)CCC4CC(=C)[C@H](CC)O4)C3O)C(O)[C@H]2O1)[C@H](C)CC. The molecule has 0 aliphatic carbocycles. The maximum Gasteiger partial charge on any atom is 0.135 e. The van der Waals surface area contributed by atoms with E-state index in [1.54, 1.807) is 0 Å². The third-order valence-corrected chi connectivity index (χ3v) is 12.4. The minimum absolute atomic E-state index is 0.000627. The van der Waals surface area contributed by atoms with Crippen LogP contribution < -0.4 is 0 Å². The Hall–Kier alpha value is -1.62. The predicted molar refractivity (Wildman–Crippen MR) is 193 cm³/mol. The van der Waals surface area contributed by atoms with Gasteiger partial charge in [0.1, 0.15) is 42.1 Å². The lowest BCUT2D eigenvalue weighted by atomic mass is 9.83. The number of Topliss-reactive ketones (excluding diaryl/α,β-unsaturated/α-hetero) is 2. The molecule has 0 saturated carbocycles. The fraction of sp³-hybridized carbons (Fsp3) is 0.850. The largest absolute Gasteiger partial charge is 0.394 e. The quantitative estimate of drug-likeness (QED) is 0.121. The number of hydrogen-bond donors (Lipinski definition) is 5. The van der Waals surface area contributed by atoms with Gasteiger partial charge in [-0.1, -0.05) is 33.9 Å². The molecule has 0 amide bonds. The number of aliphatic hydroxyl groups is 5. The number of rotatable bonds is 19. The molecule has 5 heterocycles. The molecule has 17 atom stereocenters. The van der Waals surface area contributed by atoms with Gasteiger partial charge in [0.15, 0.2) is 0 Å². The molecule has 5 rings (SSSR count). The molecule has 53 heavy (non-hydrogen) atoms. The minimum Gasteiger partial charge on any atom is -0.394 e. The Balaban J connectivity index is 1.15. The van der Waals surface area contributed by atoms with Gasteiger partial charge in [-0.25, -0.2) is 0 Å². The summed E-state index contributed by atoms with van der Waals surface area (Å²) in [5, 5.41) is 53.2. The lowest BCUT2D eigenvalue weighted by Gasteiger charge is -2.46. The Kier molecular flexibility index (Phi) is 15.3. The first kappa shape index (κ1) is 42.5. The summed E-state index contributed by atoms with van der Waals surface area (Å²) in [7, 11) is 1.52. The predicted octanol–water partition coefficient (Wildman–Crippen LogP) is 2.50. The second-order valence-corrected chi connectivity index (χ2v) is 16.1. The highest BCUT2D eigenvalue weighted by atomic mass is 16.6. The molecular formula is C40H64O13. The zero-order chi connectivity index (χ0) is 38.6. The van der Waals surface area contributed by atoms with Crippen molar-refractivity contribution in [2.45, 2.75) is 189 Å². The number of hydrogen-bond acceptors (Lipinski definition) is 13. The summed E-state index contributed by atoms with van der Waals surface area (Å²) in [6.07, 6.45) is -5.25. The van der Waals surface area contributed by atoms with Crippen molar-refractivity contribution in [2.75, 3.05) is 13.7 Å². The summed E-state index contributed by atoms with van der Waals surface area (Å²) in [4.78, 5) is 26.6. The van der Waals surface area contributed by atoms with Crippen molar-refractivity contribution in [1.82, 2.24) is 0 Å². The van der Waals surface area contributed by atoms with Gasteiger partial charge in [-0.2, -0.15) is 0 Å². The van der Waals surface area contributed by atoms with Crippen LogP contribution in [0.25, 0.3) is 0 Å². The molecule has 0 bridgehead atoms. The van der Waals surface area contributed by atoms with E-state index < -0.39 is 91.9 Å². The van der Waals surface area contributed by atoms with Gasteiger partial charge in [0.2, 0.25) is 0 Å². The first-order chi connectivity index (χ1) is 25.3. The maximum absolute atomic E-state index is 13.7. The molecule has 5 N–H and O–H groups in total. The van der Waals surface area contributed by atoms with E-state index in [1.165, 1.54) is 7.11 Å². The fourth-order valence-electron chi connectivity index (χ4n) is 9.04. The molecule has 0 aromatic heterocycles. The molecule has 13 nitrogen and oxygen atoms in total. The summed E-state index contributed by atoms with van der Waals surface area (Å²) in [5.41, 5.74) is 1.75. The second kappa shape index (κ2) is 19.0. The van der Waals surface area contributed by atoms with Gasteiger partial charge in [-0.3, -0.25) is 9.59 Å². The molecule has 5 saturated heterocycles. The van der Waals surface area contributed by atoms with Crippen molar-refractivity contribution < 1.29 is 63.5 Å². The monoisotopic (exact) mass is 752 g/mol. The molecule has 5 fully saturated rings. The van der Waals surface area contributed by atoms with Crippen molar-refractivity contribution in [3.63, 3.8) is 0 Å². The van der Waals surface area contributed by atoms with Gasteiger partial charge in [0.05, 0.1) is 67.6 Å². The van der Waals surface area contributed by atoms with E-state index in [0.29, 0.717) is 31.3 Å². The normalized spacial score (nSPS) is 40.1. The third-order valence-electron chi connectivity index (χ3n) is 12.4. The van der Waals surface area contributed by atoms with Gasteiger partial charge >= 0.3 is 0 Å². The van der Waals surface area contributed by atoms with E-state index in [1.807, 2.05) is 20.8 Å². The summed E-state index contributed by atoms with van der Waals surface area (Å²) in [6, 6.07) is 0.